The Kier molecular flexibility index (Phi) is 4.71. The van der Waals surface area contributed by atoms with Gasteiger partial charge in [0.2, 0.25) is 0 Å². The molecule has 2 atom stereocenters. The van der Waals surface area contributed by atoms with E-state index in [1.807, 2.05) is 18.2 Å². The van der Waals surface area contributed by atoms with E-state index in [0.717, 1.165) is 40.6 Å². The zero-order valence-electron chi connectivity index (χ0n) is 11.9. The summed E-state index contributed by atoms with van der Waals surface area (Å²) < 4.78 is 1.14. The second-order valence-corrected chi connectivity index (χ2v) is 7.55. The van der Waals surface area contributed by atoms with E-state index >= 15 is 0 Å². The van der Waals surface area contributed by atoms with Gasteiger partial charge in [-0.1, -0.05) is 27.5 Å². The van der Waals surface area contributed by atoms with E-state index < -0.39 is 0 Å². The summed E-state index contributed by atoms with van der Waals surface area (Å²) in [6.45, 7) is 2.02. The van der Waals surface area contributed by atoms with Gasteiger partial charge in [0.25, 0.3) is 0 Å². The van der Waals surface area contributed by atoms with Crippen molar-refractivity contribution >= 4 is 27.5 Å². The van der Waals surface area contributed by atoms with Gasteiger partial charge in [0.1, 0.15) is 0 Å². The number of piperidine rings is 1. The summed E-state index contributed by atoms with van der Waals surface area (Å²) in [5.41, 5.74) is 1.24. The Bertz CT molecular complexity index is 466. The van der Waals surface area contributed by atoms with Crippen LogP contribution >= 0.6 is 27.5 Å². The molecule has 1 aromatic carbocycles. The standard InChI is InChI=1S/C16H22BrClN2/c1-20-14-3-4-15(20)7-11(6-14)9-19-10-12-8-13(18)2-5-16(12)17/h2,5,8,11,14-15,19H,3-4,6-7,9-10H2,1H3. The minimum absolute atomic E-state index is 0.808. The fourth-order valence-electron chi connectivity index (χ4n) is 3.78. The van der Waals surface area contributed by atoms with E-state index in [1.54, 1.807) is 0 Å². The lowest BCUT2D eigenvalue weighted by Crippen LogP contribution is -2.42. The van der Waals surface area contributed by atoms with E-state index in [4.69, 9.17) is 11.6 Å². The maximum absolute atomic E-state index is 6.05. The lowest BCUT2D eigenvalue weighted by molar-refractivity contribution is 0.133. The van der Waals surface area contributed by atoms with Gasteiger partial charge in [0.05, 0.1) is 0 Å². The second kappa shape index (κ2) is 6.35. The molecule has 2 bridgehead atoms. The Morgan fingerprint density at radius 3 is 2.70 bits per heavy atom. The van der Waals surface area contributed by atoms with Crippen LogP contribution in [0.4, 0.5) is 0 Å². The quantitative estimate of drug-likeness (QED) is 0.874. The molecule has 2 saturated heterocycles. The molecule has 2 unspecified atom stereocenters. The molecule has 2 fully saturated rings. The summed E-state index contributed by atoms with van der Waals surface area (Å²) in [6, 6.07) is 7.65. The van der Waals surface area contributed by atoms with E-state index in [1.165, 1.54) is 31.2 Å². The van der Waals surface area contributed by atoms with Crippen LogP contribution in [-0.2, 0) is 6.54 Å². The fourth-order valence-corrected chi connectivity index (χ4v) is 4.36. The number of hydrogen-bond donors (Lipinski definition) is 1. The average molecular weight is 358 g/mol. The molecule has 0 amide bonds. The summed E-state index contributed by atoms with van der Waals surface area (Å²) in [6.07, 6.45) is 5.52. The summed E-state index contributed by atoms with van der Waals surface area (Å²) in [7, 11) is 2.30. The molecule has 0 aromatic heterocycles. The highest BCUT2D eigenvalue weighted by atomic mass is 79.9. The number of rotatable bonds is 4. The van der Waals surface area contributed by atoms with Crippen LogP contribution < -0.4 is 5.32 Å². The van der Waals surface area contributed by atoms with Crippen LogP contribution in [0.1, 0.15) is 31.2 Å². The van der Waals surface area contributed by atoms with Gasteiger partial charge in [-0.15, -0.1) is 0 Å². The van der Waals surface area contributed by atoms with Crippen LogP contribution in [0.2, 0.25) is 5.02 Å². The second-order valence-electron chi connectivity index (χ2n) is 6.25. The van der Waals surface area contributed by atoms with Gasteiger partial charge < -0.3 is 10.2 Å². The number of halogens is 2. The molecule has 1 N–H and O–H groups in total. The van der Waals surface area contributed by atoms with Crippen molar-refractivity contribution in [3.8, 4) is 0 Å². The van der Waals surface area contributed by atoms with Gasteiger partial charge in [-0.25, -0.2) is 0 Å². The van der Waals surface area contributed by atoms with Crippen molar-refractivity contribution < 1.29 is 0 Å². The van der Waals surface area contributed by atoms with Gasteiger partial charge in [-0.2, -0.15) is 0 Å². The first-order valence-corrected chi connectivity index (χ1v) is 8.67. The predicted octanol–water partition coefficient (Wildman–Crippen LogP) is 4.06. The number of nitrogens with one attached hydrogen (secondary N) is 1. The van der Waals surface area contributed by atoms with Gasteiger partial charge in [-0.3, -0.25) is 0 Å². The van der Waals surface area contributed by atoms with E-state index in [0.29, 0.717) is 0 Å². The van der Waals surface area contributed by atoms with E-state index in [9.17, 15) is 0 Å². The maximum Gasteiger partial charge on any atom is 0.0410 e. The van der Waals surface area contributed by atoms with E-state index in [2.05, 4.69) is 33.2 Å². The van der Waals surface area contributed by atoms with Crippen LogP contribution in [-0.4, -0.2) is 30.6 Å². The van der Waals surface area contributed by atoms with Crippen LogP contribution in [0.25, 0.3) is 0 Å². The van der Waals surface area contributed by atoms with Crippen molar-refractivity contribution in [2.24, 2.45) is 5.92 Å². The van der Waals surface area contributed by atoms with Crippen molar-refractivity contribution in [2.45, 2.75) is 44.3 Å². The first-order valence-electron chi connectivity index (χ1n) is 7.50. The van der Waals surface area contributed by atoms with Crippen LogP contribution in [0.15, 0.2) is 22.7 Å². The summed E-state index contributed by atoms with van der Waals surface area (Å²) >= 11 is 9.64. The SMILES string of the molecule is CN1C2CCC1CC(CNCc1cc(Cl)ccc1Br)C2. The Balaban J connectivity index is 1.50. The van der Waals surface area contributed by atoms with Gasteiger partial charge in [0.15, 0.2) is 0 Å². The first-order chi connectivity index (χ1) is 9.63. The van der Waals surface area contributed by atoms with Crippen LogP contribution in [0.3, 0.4) is 0 Å². The third-order valence-corrected chi connectivity index (χ3v) is 5.96. The number of hydrogen-bond acceptors (Lipinski definition) is 2. The molecular formula is C16H22BrClN2. The minimum Gasteiger partial charge on any atom is -0.312 e. The topological polar surface area (TPSA) is 15.3 Å². The molecule has 2 aliphatic rings. The molecule has 2 heterocycles. The highest BCUT2D eigenvalue weighted by Gasteiger charge is 2.37. The molecule has 1 aromatic rings. The van der Waals surface area contributed by atoms with Crippen molar-refractivity contribution in [1.29, 1.82) is 0 Å². The Hall–Kier alpha value is -0.0900. The van der Waals surface area contributed by atoms with E-state index in [-0.39, 0.29) is 0 Å². The lowest BCUT2D eigenvalue weighted by atomic mass is 9.91. The molecule has 20 heavy (non-hydrogen) atoms. The van der Waals surface area contributed by atoms with Crippen molar-refractivity contribution in [1.82, 2.24) is 10.2 Å². The first kappa shape index (κ1) is 14.8. The van der Waals surface area contributed by atoms with Gasteiger partial charge >= 0.3 is 0 Å². The molecule has 2 aliphatic heterocycles. The monoisotopic (exact) mass is 356 g/mol. The molecule has 4 heteroatoms. The normalized spacial score (nSPS) is 29.9. The molecule has 0 spiro atoms. The van der Waals surface area contributed by atoms with Crippen molar-refractivity contribution in [3.05, 3.63) is 33.3 Å². The Morgan fingerprint density at radius 2 is 2.00 bits per heavy atom. The zero-order valence-corrected chi connectivity index (χ0v) is 14.3. The summed E-state index contributed by atoms with van der Waals surface area (Å²) in [5.74, 6) is 0.835. The Morgan fingerprint density at radius 1 is 1.30 bits per heavy atom. The average Bonchev–Trinajstić information content (AvgIpc) is 2.65. The van der Waals surface area contributed by atoms with Crippen molar-refractivity contribution in [3.63, 3.8) is 0 Å². The molecule has 2 nitrogen and oxygen atoms in total. The maximum atomic E-state index is 6.05. The number of benzene rings is 1. The highest BCUT2D eigenvalue weighted by Crippen LogP contribution is 2.37. The number of nitrogens with zero attached hydrogens (tertiary/aromatic N) is 1. The Labute approximate surface area is 135 Å². The van der Waals surface area contributed by atoms with Gasteiger partial charge in [-0.05, 0) is 69.0 Å². The smallest absolute Gasteiger partial charge is 0.0410 e. The molecule has 3 rings (SSSR count). The number of fused-ring (bicyclic) bond motifs is 2. The highest BCUT2D eigenvalue weighted by molar-refractivity contribution is 9.10. The largest absolute Gasteiger partial charge is 0.312 e. The van der Waals surface area contributed by atoms with Crippen LogP contribution in [0.5, 0.6) is 0 Å². The van der Waals surface area contributed by atoms with Crippen molar-refractivity contribution in [2.75, 3.05) is 13.6 Å². The summed E-state index contributed by atoms with van der Waals surface area (Å²) in [5, 5.41) is 4.42. The van der Waals surface area contributed by atoms with Gasteiger partial charge in [0, 0.05) is 28.1 Å². The third kappa shape index (κ3) is 3.22. The zero-order chi connectivity index (χ0) is 14.1. The van der Waals surface area contributed by atoms with Crippen LogP contribution in [0, 0.1) is 5.92 Å². The molecule has 0 aliphatic carbocycles. The summed E-state index contributed by atoms with van der Waals surface area (Å²) in [4.78, 5) is 2.60. The fraction of sp³-hybridized carbons (Fsp3) is 0.625. The predicted molar refractivity (Wildman–Crippen MR) is 88.2 cm³/mol. The molecule has 0 radical (unpaired) electrons. The third-order valence-electron chi connectivity index (χ3n) is 4.95. The molecular weight excluding hydrogens is 336 g/mol. The minimum atomic E-state index is 0.808. The lowest BCUT2D eigenvalue weighted by Gasteiger charge is -2.36. The molecule has 110 valence electrons. The molecule has 0 saturated carbocycles.